The number of hydrogen-bond donors (Lipinski definition) is 0. The van der Waals surface area contributed by atoms with E-state index in [9.17, 15) is 4.79 Å². The van der Waals surface area contributed by atoms with Crippen LogP contribution in [0.4, 0.5) is 0 Å². The summed E-state index contributed by atoms with van der Waals surface area (Å²) in [6, 6.07) is 13.2. The van der Waals surface area contributed by atoms with Crippen molar-refractivity contribution in [2.24, 2.45) is 5.41 Å². The van der Waals surface area contributed by atoms with Gasteiger partial charge in [0.1, 0.15) is 0 Å². The standard InChI is InChI=1S/C17H16BrN3O/c18-15-6-4-14(5-7-15)16(22)17(8-1-11-19,9-2-12-20)10-3-13-21/h4-7H,1-3,8-10H2. The van der Waals surface area contributed by atoms with Gasteiger partial charge in [0.15, 0.2) is 5.78 Å². The Morgan fingerprint density at radius 2 is 1.32 bits per heavy atom. The molecule has 0 spiro atoms. The van der Waals surface area contributed by atoms with Crippen molar-refractivity contribution in [3.63, 3.8) is 0 Å². The lowest BCUT2D eigenvalue weighted by Crippen LogP contribution is -2.31. The molecule has 0 aliphatic heterocycles. The molecule has 0 amide bonds. The predicted octanol–water partition coefficient (Wildman–Crippen LogP) is 4.53. The normalized spacial score (nSPS) is 10.3. The lowest BCUT2D eigenvalue weighted by atomic mass is 9.70. The zero-order chi connectivity index (χ0) is 16.4. The molecule has 0 fully saturated rings. The van der Waals surface area contributed by atoms with E-state index >= 15 is 0 Å². The number of ketones is 1. The fraction of sp³-hybridized carbons (Fsp3) is 0.412. The molecule has 0 radical (unpaired) electrons. The third-order valence-electron chi connectivity index (χ3n) is 3.73. The lowest BCUT2D eigenvalue weighted by molar-refractivity contribution is 0.0746. The van der Waals surface area contributed by atoms with E-state index in [1.165, 1.54) is 0 Å². The van der Waals surface area contributed by atoms with Gasteiger partial charge in [-0.3, -0.25) is 4.79 Å². The van der Waals surface area contributed by atoms with E-state index in [0.29, 0.717) is 24.8 Å². The molecule has 0 aliphatic carbocycles. The molecule has 4 nitrogen and oxygen atoms in total. The van der Waals surface area contributed by atoms with Crippen LogP contribution in [0.15, 0.2) is 28.7 Å². The third kappa shape index (κ3) is 4.69. The minimum absolute atomic E-state index is 0.0826. The van der Waals surface area contributed by atoms with Crippen LogP contribution in [0.1, 0.15) is 48.9 Å². The Labute approximate surface area is 139 Å². The molecule has 0 saturated heterocycles. The van der Waals surface area contributed by atoms with Crippen molar-refractivity contribution in [2.45, 2.75) is 38.5 Å². The first kappa shape index (κ1) is 17.9. The monoisotopic (exact) mass is 357 g/mol. The molecule has 22 heavy (non-hydrogen) atoms. The highest BCUT2D eigenvalue weighted by molar-refractivity contribution is 9.10. The number of halogens is 1. The molecule has 0 saturated carbocycles. The molecule has 112 valence electrons. The SMILES string of the molecule is N#CCCC(CCC#N)(CCC#N)C(=O)c1ccc(Br)cc1. The summed E-state index contributed by atoms with van der Waals surface area (Å²) >= 11 is 3.33. The number of carbonyl (C=O) groups is 1. The van der Waals surface area contributed by atoms with Gasteiger partial charge in [-0.25, -0.2) is 0 Å². The fourth-order valence-corrected chi connectivity index (χ4v) is 2.77. The molecule has 0 heterocycles. The van der Waals surface area contributed by atoms with Crippen LogP contribution in [0, 0.1) is 39.4 Å². The molecule has 0 bridgehead atoms. The van der Waals surface area contributed by atoms with Gasteiger partial charge < -0.3 is 0 Å². The Hall–Kier alpha value is -2.16. The number of Topliss-reactive ketones (excluding diaryl/α,β-unsaturated/α-hetero) is 1. The maximum Gasteiger partial charge on any atom is 0.169 e. The van der Waals surface area contributed by atoms with Crippen molar-refractivity contribution in [1.29, 1.82) is 15.8 Å². The van der Waals surface area contributed by atoms with E-state index in [2.05, 4.69) is 34.1 Å². The van der Waals surface area contributed by atoms with Crippen LogP contribution in [-0.2, 0) is 0 Å². The maximum atomic E-state index is 13.0. The summed E-state index contributed by atoms with van der Waals surface area (Å²) in [5.74, 6) is -0.0826. The molecule has 0 N–H and O–H groups in total. The molecule has 0 aliphatic rings. The highest BCUT2D eigenvalue weighted by Crippen LogP contribution is 2.38. The molecule has 1 rings (SSSR count). The maximum absolute atomic E-state index is 13.0. The predicted molar refractivity (Wildman–Crippen MR) is 85.4 cm³/mol. The van der Waals surface area contributed by atoms with E-state index in [0.717, 1.165) is 4.47 Å². The number of nitrogens with zero attached hydrogens (tertiary/aromatic N) is 3. The van der Waals surface area contributed by atoms with Crippen molar-refractivity contribution in [3.05, 3.63) is 34.3 Å². The molecule has 0 atom stereocenters. The number of hydrogen-bond acceptors (Lipinski definition) is 4. The summed E-state index contributed by atoms with van der Waals surface area (Å²) in [6.07, 6.45) is 1.84. The van der Waals surface area contributed by atoms with E-state index in [4.69, 9.17) is 15.8 Å². The highest BCUT2D eigenvalue weighted by atomic mass is 79.9. The van der Waals surface area contributed by atoms with Crippen LogP contribution < -0.4 is 0 Å². The van der Waals surface area contributed by atoms with Crippen LogP contribution >= 0.6 is 15.9 Å². The second-order valence-corrected chi connectivity index (χ2v) is 6.01. The molecule has 1 aromatic rings. The summed E-state index contributed by atoms with van der Waals surface area (Å²) in [5.41, 5.74) is -0.258. The second-order valence-electron chi connectivity index (χ2n) is 5.09. The minimum Gasteiger partial charge on any atom is -0.294 e. The van der Waals surface area contributed by atoms with Crippen LogP contribution in [0.3, 0.4) is 0 Å². The van der Waals surface area contributed by atoms with E-state index in [1.54, 1.807) is 24.3 Å². The van der Waals surface area contributed by atoms with Crippen LogP contribution in [0.25, 0.3) is 0 Å². The molecule has 0 aromatic heterocycles. The Morgan fingerprint density at radius 1 is 0.909 bits per heavy atom. The average Bonchev–Trinajstić information content (AvgIpc) is 2.54. The second kappa shape index (κ2) is 8.98. The lowest BCUT2D eigenvalue weighted by Gasteiger charge is -2.30. The summed E-state index contributed by atoms with van der Waals surface area (Å²) < 4.78 is 0.876. The van der Waals surface area contributed by atoms with Crippen molar-refractivity contribution >= 4 is 21.7 Å². The van der Waals surface area contributed by atoms with E-state index in [-0.39, 0.29) is 25.0 Å². The summed E-state index contributed by atoms with van der Waals surface area (Å²) in [4.78, 5) is 13.0. The Bertz CT molecular complexity index is 586. The Kier molecular flexibility index (Phi) is 7.30. The van der Waals surface area contributed by atoms with Crippen molar-refractivity contribution in [1.82, 2.24) is 0 Å². The van der Waals surface area contributed by atoms with Crippen LogP contribution in [-0.4, -0.2) is 5.78 Å². The first-order chi connectivity index (χ1) is 10.6. The van der Waals surface area contributed by atoms with Gasteiger partial charge in [-0.15, -0.1) is 0 Å². The zero-order valence-electron chi connectivity index (χ0n) is 12.2. The molecule has 0 unspecified atom stereocenters. The van der Waals surface area contributed by atoms with Gasteiger partial charge >= 0.3 is 0 Å². The first-order valence-corrected chi connectivity index (χ1v) is 7.80. The van der Waals surface area contributed by atoms with Crippen LogP contribution in [0.5, 0.6) is 0 Å². The largest absolute Gasteiger partial charge is 0.294 e. The van der Waals surface area contributed by atoms with Gasteiger partial charge in [-0.1, -0.05) is 28.1 Å². The zero-order valence-corrected chi connectivity index (χ0v) is 13.8. The Morgan fingerprint density at radius 3 is 1.68 bits per heavy atom. The van der Waals surface area contributed by atoms with Crippen molar-refractivity contribution < 1.29 is 4.79 Å². The van der Waals surface area contributed by atoms with Gasteiger partial charge in [-0.2, -0.15) is 15.8 Å². The van der Waals surface area contributed by atoms with Gasteiger partial charge in [0.25, 0.3) is 0 Å². The number of carbonyl (C=O) groups excluding carboxylic acids is 1. The molecular formula is C17H16BrN3O. The van der Waals surface area contributed by atoms with Gasteiger partial charge in [0, 0.05) is 34.7 Å². The number of rotatable bonds is 8. The number of benzene rings is 1. The summed E-state index contributed by atoms with van der Waals surface area (Å²) in [7, 11) is 0. The molecule has 1 aromatic carbocycles. The fourth-order valence-electron chi connectivity index (χ4n) is 2.51. The first-order valence-electron chi connectivity index (χ1n) is 7.01. The van der Waals surface area contributed by atoms with E-state index in [1.807, 2.05) is 0 Å². The third-order valence-corrected chi connectivity index (χ3v) is 4.26. The summed E-state index contributed by atoms with van der Waals surface area (Å²) in [5, 5.41) is 26.6. The van der Waals surface area contributed by atoms with Gasteiger partial charge in [-0.05, 0) is 31.4 Å². The van der Waals surface area contributed by atoms with Gasteiger partial charge in [0.05, 0.1) is 18.2 Å². The van der Waals surface area contributed by atoms with Gasteiger partial charge in [0.2, 0.25) is 0 Å². The minimum atomic E-state index is -0.810. The summed E-state index contributed by atoms with van der Waals surface area (Å²) in [6.45, 7) is 0. The quantitative estimate of drug-likeness (QED) is 0.639. The molecule has 5 heteroatoms. The average molecular weight is 358 g/mol. The number of nitriles is 3. The van der Waals surface area contributed by atoms with Crippen LogP contribution in [0.2, 0.25) is 0 Å². The molecular weight excluding hydrogens is 342 g/mol. The topological polar surface area (TPSA) is 88.4 Å². The Balaban J connectivity index is 3.16. The van der Waals surface area contributed by atoms with Crippen molar-refractivity contribution in [2.75, 3.05) is 0 Å². The smallest absolute Gasteiger partial charge is 0.169 e. The van der Waals surface area contributed by atoms with E-state index < -0.39 is 5.41 Å². The van der Waals surface area contributed by atoms with Crippen molar-refractivity contribution in [3.8, 4) is 18.2 Å². The highest BCUT2D eigenvalue weighted by Gasteiger charge is 2.37.